The van der Waals surface area contributed by atoms with Crippen LogP contribution in [0.15, 0.2) is 29.1 Å². The molecule has 1 aromatic carbocycles. The molecule has 0 atom stereocenters. The predicted octanol–water partition coefficient (Wildman–Crippen LogP) is 3.17. The second kappa shape index (κ2) is 6.99. The number of benzene rings is 1. The zero-order valence-electron chi connectivity index (χ0n) is 11.1. The highest BCUT2D eigenvalue weighted by atomic mass is 32.1. The largest absolute Gasteiger partial charge is 0.491 e. The average molecular weight is 277 g/mol. The lowest BCUT2D eigenvalue weighted by Crippen LogP contribution is -2.06. The molecule has 19 heavy (non-hydrogen) atoms. The van der Waals surface area contributed by atoms with Crippen molar-refractivity contribution >= 4 is 22.7 Å². The van der Waals surface area contributed by atoms with Crippen LogP contribution in [0.2, 0.25) is 0 Å². The lowest BCUT2D eigenvalue weighted by molar-refractivity contribution is 0.319. The van der Waals surface area contributed by atoms with Crippen LogP contribution in [0.5, 0.6) is 5.75 Å². The molecule has 0 saturated carbocycles. The number of ether oxygens (including phenoxy) is 1. The third-order valence-corrected chi connectivity index (χ3v) is 3.30. The van der Waals surface area contributed by atoms with E-state index in [-0.39, 0.29) is 0 Å². The molecule has 0 bridgehead atoms. The molecule has 0 radical (unpaired) electrons. The van der Waals surface area contributed by atoms with Crippen LogP contribution in [0.3, 0.4) is 0 Å². The van der Waals surface area contributed by atoms with Crippen LogP contribution in [0.4, 0.5) is 11.4 Å². The van der Waals surface area contributed by atoms with Gasteiger partial charge in [-0.25, -0.2) is 4.98 Å². The van der Waals surface area contributed by atoms with Gasteiger partial charge in [-0.1, -0.05) is 6.92 Å². The molecule has 0 saturated heterocycles. The summed E-state index contributed by atoms with van der Waals surface area (Å²) < 4.78 is 5.60. The smallest absolute Gasteiger partial charge is 0.144 e. The molecule has 1 aromatic heterocycles. The lowest BCUT2D eigenvalue weighted by Gasteiger charge is -2.11. The Labute approximate surface area is 117 Å². The van der Waals surface area contributed by atoms with E-state index >= 15 is 0 Å². The van der Waals surface area contributed by atoms with Crippen molar-refractivity contribution in [1.82, 2.24) is 4.98 Å². The molecular weight excluding hydrogens is 258 g/mol. The van der Waals surface area contributed by atoms with Crippen LogP contribution in [0.25, 0.3) is 0 Å². The first-order chi connectivity index (χ1) is 9.29. The maximum absolute atomic E-state index is 5.87. The summed E-state index contributed by atoms with van der Waals surface area (Å²) in [5.74, 6) is 0.750. The van der Waals surface area contributed by atoms with Crippen molar-refractivity contribution < 1.29 is 4.74 Å². The first kappa shape index (κ1) is 13.7. The standard InChI is InChI=1S/C14H19N3OS/c1-2-7-18-14-8-11(3-4-13(14)15)16-6-5-12-9-19-10-17-12/h3-4,8-10,16H,2,5-7,15H2,1H3. The van der Waals surface area contributed by atoms with Gasteiger partial charge in [0.25, 0.3) is 0 Å². The zero-order chi connectivity index (χ0) is 13.5. The van der Waals surface area contributed by atoms with Gasteiger partial charge in [-0.15, -0.1) is 11.3 Å². The van der Waals surface area contributed by atoms with Crippen LogP contribution in [0.1, 0.15) is 19.0 Å². The SMILES string of the molecule is CCCOc1cc(NCCc2cscn2)ccc1N. The van der Waals surface area contributed by atoms with E-state index in [0.717, 1.165) is 36.5 Å². The number of nitrogens with one attached hydrogen (secondary N) is 1. The summed E-state index contributed by atoms with van der Waals surface area (Å²) in [6.45, 7) is 3.61. The van der Waals surface area contributed by atoms with E-state index < -0.39 is 0 Å². The third-order valence-electron chi connectivity index (χ3n) is 2.67. The lowest BCUT2D eigenvalue weighted by atomic mass is 10.2. The zero-order valence-corrected chi connectivity index (χ0v) is 11.9. The van der Waals surface area contributed by atoms with E-state index in [1.54, 1.807) is 11.3 Å². The first-order valence-corrected chi connectivity index (χ1v) is 7.37. The van der Waals surface area contributed by atoms with E-state index in [1.807, 2.05) is 23.7 Å². The monoisotopic (exact) mass is 277 g/mol. The van der Waals surface area contributed by atoms with Gasteiger partial charge in [0, 0.05) is 30.1 Å². The predicted molar refractivity (Wildman–Crippen MR) is 80.9 cm³/mol. The second-order valence-corrected chi connectivity index (χ2v) is 4.98. The molecule has 0 amide bonds. The van der Waals surface area contributed by atoms with Gasteiger partial charge in [-0.2, -0.15) is 0 Å². The summed E-state index contributed by atoms with van der Waals surface area (Å²) in [5.41, 5.74) is 10.6. The van der Waals surface area contributed by atoms with Gasteiger partial charge in [0.2, 0.25) is 0 Å². The van der Waals surface area contributed by atoms with Crippen LogP contribution in [-0.2, 0) is 6.42 Å². The quantitative estimate of drug-likeness (QED) is 0.763. The highest BCUT2D eigenvalue weighted by Gasteiger charge is 2.02. The molecule has 1 heterocycles. The van der Waals surface area contributed by atoms with Gasteiger partial charge in [-0.3, -0.25) is 0 Å². The third kappa shape index (κ3) is 4.13. The number of nitrogens with zero attached hydrogens (tertiary/aromatic N) is 1. The van der Waals surface area contributed by atoms with Crippen molar-refractivity contribution in [2.45, 2.75) is 19.8 Å². The number of nitrogen functional groups attached to an aromatic ring is 1. The molecule has 0 aliphatic rings. The summed E-state index contributed by atoms with van der Waals surface area (Å²) in [4.78, 5) is 4.25. The summed E-state index contributed by atoms with van der Waals surface area (Å²) in [5, 5.41) is 5.43. The van der Waals surface area contributed by atoms with Crippen LogP contribution < -0.4 is 15.8 Å². The summed E-state index contributed by atoms with van der Waals surface area (Å²) in [7, 11) is 0. The topological polar surface area (TPSA) is 60.2 Å². The number of rotatable bonds is 7. The van der Waals surface area contributed by atoms with Gasteiger partial charge < -0.3 is 15.8 Å². The molecule has 0 unspecified atom stereocenters. The van der Waals surface area contributed by atoms with Crippen LogP contribution in [0, 0.1) is 0 Å². The van der Waals surface area contributed by atoms with E-state index in [9.17, 15) is 0 Å². The normalized spacial score (nSPS) is 10.4. The maximum atomic E-state index is 5.87. The Morgan fingerprint density at radius 3 is 3.05 bits per heavy atom. The molecule has 2 rings (SSSR count). The van der Waals surface area contributed by atoms with Gasteiger partial charge in [-0.05, 0) is 18.6 Å². The molecule has 102 valence electrons. The fourth-order valence-electron chi connectivity index (χ4n) is 1.68. The highest BCUT2D eigenvalue weighted by Crippen LogP contribution is 2.25. The number of hydrogen-bond donors (Lipinski definition) is 2. The Morgan fingerprint density at radius 1 is 1.42 bits per heavy atom. The summed E-state index contributed by atoms with van der Waals surface area (Å²) in [6.07, 6.45) is 1.89. The number of thiazole rings is 1. The van der Waals surface area contributed by atoms with E-state index in [2.05, 4.69) is 22.6 Å². The van der Waals surface area contributed by atoms with Crippen molar-refractivity contribution in [2.24, 2.45) is 0 Å². The van der Waals surface area contributed by atoms with E-state index in [4.69, 9.17) is 10.5 Å². The number of hydrogen-bond acceptors (Lipinski definition) is 5. The van der Waals surface area contributed by atoms with Gasteiger partial charge in [0.1, 0.15) is 5.75 Å². The van der Waals surface area contributed by atoms with Crippen molar-refractivity contribution in [3.8, 4) is 5.75 Å². The van der Waals surface area contributed by atoms with Crippen LogP contribution >= 0.6 is 11.3 Å². The number of nitrogens with two attached hydrogens (primary N) is 1. The fraction of sp³-hybridized carbons (Fsp3) is 0.357. The Hall–Kier alpha value is -1.75. The molecule has 3 N–H and O–H groups in total. The second-order valence-electron chi connectivity index (χ2n) is 4.26. The van der Waals surface area contributed by atoms with E-state index in [1.165, 1.54) is 0 Å². The van der Waals surface area contributed by atoms with Crippen molar-refractivity contribution in [1.29, 1.82) is 0 Å². The maximum Gasteiger partial charge on any atom is 0.144 e. The number of aromatic nitrogens is 1. The van der Waals surface area contributed by atoms with Gasteiger partial charge in [0.15, 0.2) is 0 Å². The van der Waals surface area contributed by atoms with Crippen LogP contribution in [-0.4, -0.2) is 18.1 Å². The molecule has 4 nitrogen and oxygen atoms in total. The molecule has 0 aliphatic heterocycles. The Morgan fingerprint density at radius 2 is 2.32 bits per heavy atom. The average Bonchev–Trinajstić information content (AvgIpc) is 2.92. The molecular formula is C14H19N3OS. The molecule has 0 spiro atoms. The minimum atomic E-state index is 0.679. The molecule has 0 aliphatic carbocycles. The fourth-order valence-corrected chi connectivity index (χ4v) is 2.27. The first-order valence-electron chi connectivity index (χ1n) is 6.43. The Kier molecular flexibility index (Phi) is 5.03. The molecule has 5 heteroatoms. The summed E-state index contributed by atoms with van der Waals surface area (Å²) >= 11 is 1.62. The molecule has 2 aromatic rings. The van der Waals surface area contributed by atoms with Crippen molar-refractivity contribution in [3.63, 3.8) is 0 Å². The highest BCUT2D eigenvalue weighted by molar-refractivity contribution is 7.07. The van der Waals surface area contributed by atoms with Crippen molar-refractivity contribution in [3.05, 3.63) is 34.8 Å². The molecule has 0 fully saturated rings. The minimum absolute atomic E-state index is 0.679. The minimum Gasteiger partial charge on any atom is -0.491 e. The van der Waals surface area contributed by atoms with Gasteiger partial charge in [0.05, 0.1) is 23.5 Å². The number of anilines is 2. The van der Waals surface area contributed by atoms with Crippen molar-refractivity contribution in [2.75, 3.05) is 24.2 Å². The Balaban J connectivity index is 1.89. The summed E-state index contributed by atoms with van der Waals surface area (Å²) in [6, 6.07) is 5.79. The Bertz CT molecular complexity index is 499. The van der Waals surface area contributed by atoms with E-state index in [0.29, 0.717) is 12.3 Å². The van der Waals surface area contributed by atoms with Gasteiger partial charge >= 0.3 is 0 Å².